The van der Waals surface area contributed by atoms with Crippen LogP contribution in [0.1, 0.15) is 1.43 Å². The molecule has 0 saturated carbocycles. The van der Waals surface area contributed by atoms with Gasteiger partial charge in [0.05, 0.1) is 0 Å². The Morgan fingerprint density at radius 1 is 1.80 bits per heavy atom. The van der Waals surface area contributed by atoms with Crippen LogP contribution in [-0.4, -0.2) is 0 Å². The molecule has 4 heteroatoms. The number of thiocyanates is 1. The molecule has 0 atom stereocenters. The summed E-state index contributed by atoms with van der Waals surface area (Å²) in [7, 11) is 0. The summed E-state index contributed by atoms with van der Waals surface area (Å²) in [6.07, 6.45) is 0. The third-order valence-corrected chi connectivity index (χ3v) is 0. The third kappa shape index (κ3) is 23.9. The molecule has 0 unspecified atom stereocenters. The summed E-state index contributed by atoms with van der Waals surface area (Å²) in [4.78, 5) is 0. The Bertz CT molecular complexity index is 37.0. The number of nitrogens with zero attached hydrogens (tertiary/aromatic N) is 1. The van der Waals surface area contributed by atoms with Gasteiger partial charge in [-0.3, -0.25) is 0 Å². The second kappa shape index (κ2) is 16.7. The van der Waals surface area contributed by atoms with E-state index in [9.17, 15) is 0 Å². The maximum Gasteiger partial charge on any atom is 1.00 e. The number of rotatable bonds is 0. The van der Waals surface area contributed by atoms with Gasteiger partial charge >= 0.3 is 51.4 Å². The van der Waals surface area contributed by atoms with Crippen molar-refractivity contribution in [3.8, 4) is 5.40 Å². The van der Waals surface area contributed by atoms with Crippen LogP contribution in [0.25, 0.3) is 0 Å². The van der Waals surface area contributed by atoms with Crippen LogP contribution in [0.15, 0.2) is 0 Å². The monoisotopic (exact) mass is 151 g/mol. The second-order valence-electron chi connectivity index (χ2n) is 0.100. The normalized spacial score (nSPS) is 1.60. The first-order valence-electron chi connectivity index (χ1n) is 0.447. The van der Waals surface area contributed by atoms with Crippen LogP contribution in [-0.2, 0) is 17.4 Å². The molecule has 0 N–H and O–H groups in total. The van der Waals surface area contributed by atoms with Crippen molar-refractivity contribution in [2.24, 2.45) is 0 Å². The second-order valence-corrected chi connectivity index (χ2v) is 0.300. The Morgan fingerprint density at radius 3 is 1.80 bits per heavy atom. The molecular weight excluding hydrogens is 149 g/mol. The average Bonchev–Trinajstić information content (AvgIpc) is 0.918. The fourth-order valence-corrected chi connectivity index (χ4v) is 0. The van der Waals surface area contributed by atoms with Gasteiger partial charge in [-0.05, 0) is 0 Å². The van der Waals surface area contributed by atoms with Gasteiger partial charge in [0.15, 0.2) is 0 Å². The molecule has 5 heavy (non-hydrogen) atoms. The predicted octanol–water partition coefficient (Wildman–Crippen LogP) is -2.49. The number of nitriles is 1. The minimum Gasteiger partial charge on any atom is -1.00 e. The SMILES string of the molecule is N#CS.[Cr].[H-].[K+]. The van der Waals surface area contributed by atoms with E-state index in [1.807, 2.05) is 0 Å². The summed E-state index contributed by atoms with van der Waals surface area (Å²) in [5.41, 5.74) is 0. The van der Waals surface area contributed by atoms with Gasteiger partial charge < -0.3 is 1.43 Å². The number of hydrogen-bond donors (Lipinski definition) is 1. The minimum atomic E-state index is 0. The van der Waals surface area contributed by atoms with Crippen LogP contribution >= 0.6 is 12.6 Å². The molecule has 24 valence electrons. The van der Waals surface area contributed by atoms with Gasteiger partial charge in [-0.2, -0.15) is 5.26 Å². The molecule has 0 aromatic heterocycles. The van der Waals surface area contributed by atoms with Crippen molar-refractivity contribution in [2.45, 2.75) is 0 Å². The Kier molecular flexibility index (Phi) is 52.4. The average molecular weight is 151 g/mol. The van der Waals surface area contributed by atoms with Crippen molar-refractivity contribution in [3.63, 3.8) is 0 Å². The summed E-state index contributed by atoms with van der Waals surface area (Å²) < 4.78 is 0. The number of thiol groups is 1. The molecule has 0 aromatic carbocycles. The number of hydrogen-bond acceptors (Lipinski definition) is 2. The molecule has 0 aromatic rings. The Labute approximate surface area is 91.6 Å². The van der Waals surface area contributed by atoms with Crippen LogP contribution < -0.4 is 51.4 Å². The van der Waals surface area contributed by atoms with Crippen LogP contribution in [0.5, 0.6) is 0 Å². The Morgan fingerprint density at radius 2 is 1.80 bits per heavy atom. The van der Waals surface area contributed by atoms with Crippen molar-refractivity contribution in [1.29, 1.82) is 5.26 Å². The largest absolute Gasteiger partial charge is 1.00 e. The van der Waals surface area contributed by atoms with Crippen LogP contribution in [0.3, 0.4) is 0 Å². The fraction of sp³-hybridized carbons (Fsp3) is 0. The summed E-state index contributed by atoms with van der Waals surface area (Å²) in [5, 5.41) is 8.63. The predicted molar refractivity (Wildman–Crippen MR) is 15.7 cm³/mol. The van der Waals surface area contributed by atoms with E-state index in [2.05, 4.69) is 12.6 Å². The molecule has 0 spiro atoms. The molecule has 0 heterocycles. The molecular formula is CH2CrKNS. The van der Waals surface area contributed by atoms with E-state index in [1.165, 1.54) is 5.40 Å². The molecule has 0 aliphatic carbocycles. The third-order valence-electron chi connectivity index (χ3n) is 0. The first-order valence-corrected chi connectivity index (χ1v) is 0.894. The van der Waals surface area contributed by atoms with Crippen LogP contribution in [0.4, 0.5) is 0 Å². The smallest absolute Gasteiger partial charge is 1.00 e. The molecule has 0 aliphatic rings. The van der Waals surface area contributed by atoms with Gasteiger partial charge in [-0.15, -0.1) is 0 Å². The zero-order valence-electron chi connectivity index (χ0n) is 3.80. The van der Waals surface area contributed by atoms with Gasteiger partial charge in [-0.1, -0.05) is 12.6 Å². The van der Waals surface area contributed by atoms with Crippen molar-refractivity contribution in [2.75, 3.05) is 0 Å². The maximum atomic E-state index is 7.18. The Balaban J connectivity index is -0.00000000667. The van der Waals surface area contributed by atoms with Crippen LogP contribution in [0, 0.1) is 10.7 Å². The van der Waals surface area contributed by atoms with E-state index in [4.69, 9.17) is 5.26 Å². The molecule has 1 nitrogen and oxygen atoms in total. The van der Waals surface area contributed by atoms with Crippen molar-refractivity contribution in [1.82, 2.24) is 0 Å². The summed E-state index contributed by atoms with van der Waals surface area (Å²) in [6, 6.07) is 0. The molecule has 0 amide bonds. The van der Waals surface area contributed by atoms with Gasteiger partial charge in [-0.25, -0.2) is 0 Å². The molecule has 0 aliphatic heterocycles. The van der Waals surface area contributed by atoms with E-state index in [0.717, 1.165) is 0 Å². The van der Waals surface area contributed by atoms with E-state index in [0.29, 0.717) is 0 Å². The first-order chi connectivity index (χ1) is 1.41. The molecule has 0 radical (unpaired) electrons. The minimum absolute atomic E-state index is 0. The van der Waals surface area contributed by atoms with E-state index < -0.39 is 0 Å². The zero-order chi connectivity index (χ0) is 2.71. The Hall–Kier alpha value is 2.01. The molecule has 0 saturated heterocycles. The summed E-state index contributed by atoms with van der Waals surface area (Å²) >= 11 is 3.09. The summed E-state index contributed by atoms with van der Waals surface area (Å²) in [5.74, 6) is 0. The van der Waals surface area contributed by atoms with Crippen molar-refractivity contribution < 1.29 is 70.2 Å². The van der Waals surface area contributed by atoms with Gasteiger partial charge in [0.1, 0.15) is 5.40 Å². The maximum absolute atomic E-state index is 7.18. The van der Waals surface area contributed by atoms with Gasteiger partial charge in [0, 0.05) is 17.4 Å². The molecule has 0 fully saturated rings. The molecule has 0 bridgehead atoms. The topological polar surface area (TPSA) is 23.8 Å². The van der Waals surface area contributed by atoms with Crippen LogP contribution in [0.2, 0.25) is 0 Å². The zero-order valence-corrected chi connectivity index (χ0v) is 8.10. The van der Waals surface area contributed by atoms with Gasteiger partial charge in [0.25, 0.3) is 0 Å². The molecule has 0 rings (SSSR count). The van der Waals surface area contributed by atoms with Crippen molar-refractivity contribution >= 4 is 12.6 Å². The quantitative estimate of drug-likeness (QED) is 0.231. The van der Waals surface area contributed by atoms with E-state index >= 15 is 0 Å². The standard InChI is InChI=1S/CHNS.Cr.K.H/c2-1-3;;;/h3H;;;/q;;+1;-1. The first kappa shape index (κ1) is 15.7. The fourth-order valence-electron chi connectivity index (χ4n) is 0. The van der Waals surface area contributed by atoms with E-state index in [1.54, 1.807) is 0 Å². The van der Waals surface area contributed by atoms with Gasteiger partial charge in [0.2, 0.25) is 0 Å². The summed E-state index contributed by atoms with van der Waals surface area (Å²) in [6.45, 7) is 0. The van der Waals surface area contributed by atoms with E-state index in [-0.39, 0.29) is 70.2 Å². The van der Waals surface area contributed by atoms with Crippen molar-refractivity contribution in [3.05, 3.63) is 0 Å².